The molecule has 0 amide bonds. The number of nitrogens with two attached hydrogens (primary N) is 1. The SMILES string of the molecule is Nc1cc2c3c(c1)[nH]c(=O)n3CCC2. The Morgan fingerprint density at radius 1 is 1.43 bits per heavy atom. The molecule has 4 nitrogen and oxygen atoms in total. The number of imidazole rings is 1. The van der Waals surface area contributed by atoms with E-state index in [1.54, 1.807) is 4.57 Å². The highest BCUT2D eigenvalue weighted by Crippen LogP contribution is 2.24. The van der Waals surface area contributed by atoms with Gasteiger partial charge in [0.2, 0.25) is 0 Å². The van der Waals surface area contributed by atoms with E-state index in [9.17, 15) is 4.79 Å². The van der Waals surface area contributed by atoms with Gasteiger partial charge in [-0.2, -0.15) is 0 Å². The van der Waals surface area contributed by atoms with Crippen LogP contribution in [0.5, 0.6) is 0 Å². The molecule has 0 fully saturated rings. The van der Waals surface area contributed by atoms with Crippen molar-refractivity contribution in [1.29, 1.82) is 0 Å². The molecular formula is C10H11N3O. The second-order valence-electron chi connectivity index (χ2n) is 3.76. The molecule has 0 radical (unpaired) electrons. The average Bonchev–Trinajstić information content (AvgIpc) is 2.45. The largest absolute Gasteiger partial charge is 0.399 e. The lowest BCUT2D eigenvalue weighted by molar-refractivity contribution is 0.615. The van der Waals surface area contributed by atoms with Gasteiger partial charge in [0.25, 0.3) is 0 Å². The first kappa shape index (κ1) is 7.67. The monoisotopic (exact) mass is 189 g/mol. The zero-order valence-electron chi connectivity index (χ0n) is 7.71. The standard InChI is InChI=1S/C10H11N3O/c11-7-4-6-2-1-3-13-9(6)8(5-7)12-10(13)14/h4-5H,1-3,11H2,(H,12,14). The first-order valence-corrected chi connectivity index (χ1v) is 4.76. The van der Waals surface area contributed by atoms with E-state index in [4.69, 9.17) is 5.73 Å². The van der Waals surface area contributed by atoms with Crippen molar-refractivity contribution in [3.05, 3.63) is 28.2 Å². The Hall–Kier alpha value is -1.71. The number of anilines is 1. The van der Waals surface area contributed by atoms with Crippen LogP contribution in [0.2, 0.25) is 0 Å². The van der Waals surface area contributed by atoms with Crippen LogP contribution < -0.4 is 11.4 Å². The van der Waals surface area contributed by atoms with Crippen molar-refractivity contribution in [2.75, 3.05) is 5.73 Å². The number of benzene rings is 1. The van der Waals surface area contributed by atoms with Gasteiger partial charge in [-0.3, -0.25) is 4.57 Å². The van der Waals surface area contributed by atoms with Crippen molar-refractivity contribution in [3.8, 4) is 0 Å². The Labute approximate surface area is 80.3 Å². The van der Waals surface area contributed by atoms with Gasteiger partial charge < -0.3 is 10.7 Å². The van der Waals surface area contributed by atoms with Crippen molar-refractivity contribution in [1.82, 2.24) is 9.55 Å². The fraction of sp³-hybridized carbons (Fsp3) is 0.300. The van der Waals surface area contributed by atoms with Gasteiger partial charge in [0.05, 0.1) is 11.0 Å². The molecule has 2 aromatic rings. The normalized spacial score (nSPS) is 14.9. The molecule has 2 heterocycles. The maximum absolute atomic E-state index is 11.5. The van der Waals surface area contributed by atoms with Crippen LogP contribution in [-0.2, 0) is 13.0 Å². The number of nitrogens with one attached hydrogen (secondary N) is 1. The third-order valence-electron chi connectivity index (χ3n) is 2.80. The molecule has 1 aliphatic heterocycles. The number of hydrogen-bond acceptors (Lipinski definition) is 2. The average molecular weight is 189 g/mol. The first-order valence-electron chi connectivity index (χ1n) is 4.76. The minimum absolute atomic E-state index is 0.0217. The summed E-state index contributed by atoms with van der Waals surface area (Å²) in [4.78, 5) is 14.4. The molecule has 0 spiro atoms. The van der Waals surface area contributed by atoms with Crippen LogP contribution in [0.3, 0.4) is 0 Å². The molecule has 4 heteroatoms. The minimum Gasteiger partial charge on any atom is -0.399 e. The van der Waals surface area contributed by atoms with Crippen molar-refractivity contribution in [3.63, 3.8) is 0 Å². The van der Waals surface area contributed by atoms with Gasteiger partial charge in [0.1, 0.15) is 0 Å². The summed E-state index contributed by atoms with van der Waals surface area (Å²) in [7, 11) is 0. The highest BCUT2D eigenvalue weighted by atomic mass is 16.1. The Kier molecular flexibility index (Phi) is 1.32. The van der Waals surface area contributed by atoms with Crippen LogP contribution in [0, 0.1) is 0 Å². The predicted molar refractivity (Wildman–Crippen MR) is 55.3 cm³/mol. The number of aryl methyl sites for hydroxylation is 2. The van der Waals surface area contributed by atoms with Crippen LogP contribution in [0.25, 0.3) is 11.0 Å². The van der Waals surface area contributed by atoms with Crippen LogP contribution in [-0.4, -0.2) is 9.55 Å². The number of aromatic nitrogens is 2. The van der Waals surface area contributed by atoms with Gasteiger partial charge in [0, 0.05) is 12.2 Å². The van der Waals surface area contributed by atoms with Crippen molar-refractivity contribution < 1.29 is 0 Å². The van der Waals surface area contributed by atoms with Crippen LogP contribution in [0.4, 0.5) is 5.69 Å². The summed E-state index contributed by atoms with van der Waals surface area (Å²) in [6, 6.07) is 3.79. The molecule has 1 aromatic carbocycles. The van der Waals surface area contributed by atoms with Gasteiger partial charge in [-0.05, 0) is 30.5 Å². The topological polar surface area (TPSA) is 63.8 Å². The first-order chi connectivity index (χ1) is 6.75. The molecule has 14 heavy (non-hydrogen) atoms. The molecule has 72 valence electrons. The van der Waals surface area contributed by atoms with E-state index < -0.39 is 0 Å². The molecule has 1 aromatic heterocycles. The molecule has 0 aliphatic carbocycles. The summed E-state index contributed by atoms with van der Waals surface area (Å²) in [5.41, 5.74) is 9.54. The number of nitrogen functional groups attached to an aromatic ring is 1. The zero-order chi connectivity index (χ0) is 9.71. The lowest BCUT2D eigenvalue weighted by Crippen LogP contribution is -2.20. The highest BCUT2D eigenvalue weighted by Gasteiger charge is 2.15. The minimum atomic E-state index is -0.0217. The van der Waals surface area contributed by atoms with Gasteiger partial charge >= 0.3 is 5.69 Å². The van der Waals surface area contributed by atoms with Gasteiger partial charge in [-0.15, -0.1) is 0 Å². The summed E-state index contributed by atoms with van der Waals surface area (Å²) >= 11 is 0. The third-order valence-corrected chi connectivity index (χ3v) is 2.80. The van der Waals surface area contributed by atoms with E-state index in [1.807, 2.05) is 12.1 Å². The molecular weight excluding hydrogens is 178 g/mol. The van der Waals surface area contributed by atoms with Crippen molar-refractivity contribution in [2.24, 2.45) is 0 Å². The van der Waals surface area contributed by atoms with E-state index in [-0.39, 0.29) is 5.69 Å². The van der Waals surface area contributed by atoms with Crippen LogP contribution in [0.1, 0.15) is 12.0 Å². The molecule has 1 aliphatic rings. The summed E-state index contributed by atoms with van der Waals surface area (Å²) in [6.45, 7) is 0.815. The van der Waals surface area contributed by atoms with Crippen LogP contribution in [0.15, 0.2) is 16.9 Å². The number of rotatable bonds is 0. The summed E-state index contributed by atoms with van der Waals surface area (Å²) in [6.07, 6.45) is 2.03. The molecule has 0 bridgehead atoms. The number of nitrogens with zero attached hydrogens (tertiary/aromatic N) is 1. The number of hydrogen-bond donors (Lipinski definition) is 2. The Balaban J connectivity index is 2.55. The molecule has 3 rings (SSSR count). The molecule has 3 N–H and O–H groups in total. The van der Waals surface area contributed by atoms with E-state index in [1.165, 1.54) is 5.56 Å². The summed E-state index contributed by atoms with van der Waals surface area (Å²) < 4.78 is 1.80. The summed E-state index contributed by atoms with van der Waals surface area (Å²) in [5.74, 6) is 0. The smallest absolute Gasteiger partial charge is 0.326 e. The quantitative estimate of drug-likeness (QED) is 0.604. The molecule has 0 saturated heterocycles. The highest BCUT2D eigenvalue weighted by molar-refractivity contribution is 5.83. The Morgan fingerprint density at radius 2 is 2.29 bits per heavy atom. The maximum Gasteiger partial charge on any atom is 0.326 e. The molecule has 0 saturated carbocycles. The van der Waals surface area contributed by atoms with Gasteiger partial charge in [-0.1, -0.05) is 0 Å². The summed E-state index contributed by atoms with van der Waals surface area (Å²) in [5, 5.41) is 0. The second-order valence-corrected chi connectivity index (χ2v) is 3.76. The maximum atomic E-state index is 11.5. The fourth-order valence-electron chi connectivity index (χ4n) is 2.25. The second kappa shape index (κ2) is 2.41. The van der Waals surface area contributed by atoms with E-state index >= 15 is 0 Å². The Bertz CT molecular complexity index is 564. The lowest BCUT2D eigenvalue weighted by atomic mass is 10.0. The fourth-order valence-corrected chi connectivity index (χ4v) is 2.25. The van der Waals surface area contributed by atoms with Gasteiger partial charge in [-0.25, -0.2) is 4.79 Å². The van der Waals surface area contributed by atoms with E-state index in [0.717, 1.165) is 36.1 Å². The van der Waals surface area contributed by atoms with Crippen molar-refractivity contribution in [2.45, 2.75) is 19.4 Å². The molecule has 0 atom stereocenters. The molecule has 0 unspecified atom stereocenters. The van der Waals surface area contributed by atoms with Crippen LogP contribution >= 0.6 is 0 Å². The number of aromatic amines is 1. The van der Waals surface area contributed by atoms with E-state index in [0.29, 0.717) is 0 Å². The van der Waals surface area contributed by atoms with E-state index in [2.05, 4.69) is 4.98 Å². The zero-order valence-corrected chi connectivity index (χ0v) is 7.71. The predicted octanol–water partition coefficient (Wildman–Crippen LogP) is 0.858. The third kappa shape index (κ3) is 0.852. The van der Waals surface area contributed by atoms with Crippen molar-refractivity contribution >= 4 is 16.7 Å². The number of H-pyrrole nitrogens is 1. The van der Waals surface area contributed by atoms with Gasteiger partial charge in [0.15, 0.2) is 0 Å². The Morgan fingerprint density at radius 3 is 3.14 bits per heavy atom. The lowest BCUT2D eigenvalue weighted by Gasteiger charge is -2.13.